The second-order valence-corrected chi connectivity index (χ2v) is 7.55. The number of nitrogens with one attached hydrogen (secondary N) is 2. The van der Waals surface area contributed by atoms with E-state index in [1.54, 1.807) is 6.07 Å². The summed E-state index contributed by atoms with van der Waals surface area (Å²) in [7, 11) is 0. The molecular weight excluding hydrogens is 324 g/mol. The van der Waals surface area contributed by atoms with Crippen molar-refractivity contribution >= 4 is 5.96 Å². The Morgan fingerprint density at radius 1 is 1.36 bits per heavy atom. The summed E-state index contributed by atoms with van der Waals surface area (Å²) in [5.74, 6) is -0.472. The van der Waals surface area contributed by atoms with Crippen LogP contribution in [-0.4, -0.2) is 31.3 Å². The van der Waals surface area contributed by atoms with Gasteiger partial charge in [0.05, 0.1) is 12.1 Å². The van der Waals surface area contributed by atoms with Gasteiger partial charge in [-0.2, -0.15) is 0 Å². The molecule has 25 heavy (non-hydrogen) atoms. The van der Waals surface area contributed by atoms with E-state index in [1.165, 1.54) is 6.07 Å². The first-order chi connectivity index (χ1) is 11.8. The maximum atomic E-state index is 13.5. The third-order valence-corrected chi connectivity index (χ3v) is 5.51. The van der Waals surface area contributed by atoms with E-state index in [9.17, 15) is 8.78 Å². The quantitative estimate of drug-likeness (QED) is 0.646. The summed E-state index contributed by atoms with van der Waals surface area (Å²) in [5, 5.41) is 6.84. The molecule has 1 saturated carbocycles. The Balaban J connectivity index is 1.69. The summed E-state index contributed by atoms with van der Waals surface area (Å²) in [4.78, 5) is 4.52. The van der Waals surface area contributed by atoms with Gasteiger partial charge in [-0.3, -0.25) is 4.99 Å². The Bertz CT molecular complexity index is 662. The highest BCUT2D eigenvalue weighted by Gasteiger charge is 2.59. The number of guanidine groups is 1. The molecule has 4 atom stereocenters. The van der Waals surface area contributed by atoms with Crippen LogP contribution in [0.3, 0.4) is 0 Å². The summed E-state index contributed by atoms with van der Waals surface area (Å²) < 4.78 is 32.5. The van der Waals surface area contributed by atoms with E-state index in [1.807, 2.05) is 13.8 Å². The smallest absolute Gasteiger partial charge is 0.191 e. The van der Waals surface area contributed by atoms with Crippen molar-refractivity contribution in [3.8, 4) is 0 Å². The van der Waals surface area contributed by atoms with E-state index in [0.717, 1.165) is 19.1 Å². The average Bonchev–Trinajstić information content (AvgIpc) is 3.02. The highest BCUT2D eigenvalue weighted by molar-refractivity contribution is 5.81. The molecule has 1 heterocycles. The molecule has 1 saturated heterocycles. The van der Waals surface area contributed by atoms with Gasteiger partial charge in [-0.1, -0.05) is 19.9 Å². The predicted octanol–water partition coefficient (Wildman–Crippen LogP) is 3.39. The fourth-order valence-electron chi connectivity index (χ4n) is 4.13. The molecule has 1 aliphatic heterocycles. The molecule has 0 spiro atoms. The van der Waals surface area contributed by atoms with Crippen molar-refractivity contribution in [3.05, 3.63) is 35.4 Å². The minimum absolute atomic E-state index is 0.0442. The van der Waals surface area contributed by atoms with Crippen molar-refractivity contribution in [2.45, 2.75) is 52.3 Å². The van der Waals surface area contributed by atoms with Crippen LogP contribution in [0.25, 0.3) is 0 Å². The molecule has 4 nitrogen and oxygen atoms in total. The summed E-state index contributed by atoms with van der Waals surface area (Å²) in [6.45, 7) is 9.75. The Labute approximate surface area is 148 Å². The number of halogens is 2. The van der Waals surface area contributed by atoms with Crippen molar-refractivity contribution in [1.29, 1.82) is 0 Å². The van der Waals surface area contributed by atoms with E-state index in [2.05, 4.69) is 29.5 Å². The maximum Gasteiger partial charge on any atom is 0.191 e. The van der Waals surface area contributed by atoms with E-state index < -0.39 is 11.6 Å². The molecule has 4 unspecified atom stereocenters. The van der Waals surface area contributed by atoms with Gasteiger partial charge in [-0.05, 0) is 38.0 Å². The molecule has 0 aromatic heterocycles. The molecule has 1 aliphatic carbocycles. The summed E-state index contributed by atoms with van der Waals surface area (Å²) in [6, 6.07) is 4.07. The average molecular weight is 351 g/mol. The zero-order valence-corrected chi connectivity index (χ0v) is 15.3. The van der Waals surface area contributed by atoms with Crippen molar-refractivity contribution in [3.63, 3.8) is 0 Å². The molecule has 0 bridgehead atoms. The number of hydrogen-bond donors (Lipinski definition) is 2. The molecule has 2 aliphatic rings. The zero-order valence-electron chi connectivity index (χ0n) is 15.3. The Morgan fingerprint density at radius 3 is 2.80 bits per heavy atom. The Morgan fingerprint density at radius 2 is 2.12 bits per heavy atom. The van der Waals surface area contributed by atoms with Gasteiger partial charge in [-0.25, -0.2) is 8.78 Å². The molecule has 0 amide bonds. The molecule has 1 aromatic rings. The normalized spacial score (nSPS) is 28.9. The van der Waals surface area contributed by atoms with Gasteiger partial charge >= 0.3 is 0 Å². The Kier molecular flexibility index (Phi) is 5.00. The van der Waals surface area contributed by atoms with Crippen molar-refractivity contribution in [2.75, 3.05) is 13.2 Å². The van der Waals surface area contributed by atoms with Crippen LogP contribution in [0.1, 0.15) is 45.7 Å². The minimum Gasteiger partial charge on any atom is -0.377 e. The minimum atomic E-state index is -0.834. The first-order valence-corrected chi connectivity index (χ1v) is 8.98. The van der Waals surface area contributed by atoms with Crippen LogP contribution in [0.15, 0.2) is 23.2 Å². The van der Waals surface area contributed by atoms with Crippen LogP contribution in [0, 0.1) is 23.0 Å². The summed E-state index contributed by atoms with van der Waals surface area (Å²) in [5.41, 5.74) is 0.724. The van der Waals surface area contributed by atoms with E-state index >= 15 is 0 Å². The number of nitrogens with zero attached hydrogens (tertiary/aromatic N) is 1. The van der Waals surface area contributed by atoms with Gasteiger partial charge in [0.2, 0.25) is 0 Å². The predicted molar refractivity (Wildman–Crippen MR) is 94.4 cm³/mol. The van der Waals surface area contributed by atoms with E-state index in [4.69, 9.17) is 4.74 Å². The zero-order chi connectivity index (χ0) is 18.2. The van der Waals surface area contributed by atoms with Crippen molar-refractivity contribution in [2.24, 2.45) is 16.3 Å². The highest BCUT2D eigenvalue weighted by atomic mass is 19.2. The van der Waals surface area contributed by atoms with Crippen molar-refractivity contribution < 1.29 is 13.5 Å². The summed E-state index contributed by atoms with van der Waals surface area (Å²) in [6.07, 6.45) is 1.36. The van der Waals surface area contributed by atoms with Crippen LogP contribution >= 0.6 is 0 Å². The molecular formula is C19H27F2N3O. The Hall–Kier alpha value is -1.69. The molecule has 0 radical (unpaired) electrons. The fourth-order valence-corrected chi connectivity index (χ4v) is 4.13. The first-order valence-electron chi connectivity index (χ1n) is 8.98. The fraction of sp³-hybridized carbons (Fsp3) is 0.632. The van der Waals surface area contributed by atoms with Gasteiger partial charge in [-0.15, -0.1) is 0 Å². The number of ether oxygens (including phenoxy) is 1. The van der Waals surface area contributed by atoms with Crippen LogP contribution < -0.4 is 10.6 Å². The lowest BCUT2D eigenvalue weighted by atomic mass is 9.57. The maximum absolute atomic E-state index is 13.5. The SMILES string of the molecule is CCN=C(NC(C)c1ccc(F)c(F)c1)NC1C2CCOC2C1(C)C. The van der Waals surface area contributed by atoms with Crippen LogP contribution in [0.2, 0.25) is 0 Å². The number of fused-ring (bicyclic) bond motifs is 1. The molecule has 2 N–H and O–H groups in total. The summed E-state index contributed by atoms with van der Waals surface area (Å²) >= 11 is 0. The third-order valence-electron chi connectivity index (χ3n) is 5.51. The van der Waals surface area contributed by atoms with E-state index in [-0.39, 0.29) is 17.5 Å². The largest absolute Gasteiger partial charge is 0.377 e. The lowest BCUT2D eigenvalue weighted by Gasteiger charge is -2.55. The molecule has 2 fully saturated rings. The topological polar surface area (TPSA) is 45.7 Å². The van der Waals surface area contributed by atoms with Gasteiger partial charge < -0.3 is 15.4 Å². The van der Waals surface area contributed by atoms with Crippen LogP contribution in [0.5, 0.6) is 0 Å². The monoisotopic (exact) mass is 351 g/mol. The molecule has 1 aromatic carbocycles. The van der Waals surface area contributed by atoms with Crippen molar-refractivity contribution in [1.82, 2.24) is 10.6 Å². The number of rotatable bonds is 4. The standard InChI is InChI=1S/C19H27F2N3O/c1-5-22-18(23-11(2)12-6-7-14(20)15(21)10-12)24-16-13-8-9-25-17(13)19(16,3)4/h6-7,10-11,13,16-17H,5,8-9H2,1-4H3,(H2,22,23,24). The van der Waals surface area contributed by atoms with Gasteiger partial charge in [0.1, 0.15) is 0 Å². The van der Waals surface area contributed by atoms with Gasteiger partial charge in [0.15, 0.2) is 17.6 Å². The number of benzene rings is 1. The molecule has 6 heteroatoms. The third kappa shape index (κ3) is 3.36. The molecule has 138 valence electrons. The first kappa shape index (κ1) is 18.1. The van der Waals surface area contributed by atoms with Crippen LogP contribution in [-0.2, 0) is 4.74 Å². The number of aliphatic imine (C=N–C) groups is 1. The molecule has 3 rings (SSSR count). The highest BCUT2D eigenvalue weighted by Crippen LogP contribution is 2.52. The lowest BCUT2D eigenvalue weighted by Crippen LogP contribution is -2.68. The lowest BCUT2D eigenvalue weighted by molar-refractivity contribution is -0.106. The van der Waals surface area contributed by atoms with E-state index in [0.29, 0.717) is 30.1 Å². The second-order valence-electron chi connectivity index (χ2n) is 7.55. The van der Waals surface area contributed by atoms with Gasteiger partial charge in [0, 0.05) is 30.5 Å². The number of hydrogen-bond acceptors (Lipinski definition) is 2. The van der Waals surface area contributed by atoms with Gasteiger partial charge in [0.25, 0.3) is 0 Å². The van der Waals surface area contributed by atoms with Crippen LogP contribution in [0.4, 0.5) is 8.78 Å². The second kappa shape index (κ2) is 6.90.